The number of anilines is 1. The van der Waals surface area contributed by atoms with Crippen molar-refractivity contribution in [2.75, 3.05) is 11.9 Å². The molecule has 0 spiro atoms. The first-order valence-corrected chi connectivity index (χ1v) is 6.80. The van der Waals surface area contributed by atoms with Crippen LogP contribution in [-0.4, -0.2) is 29.7 Å². The number of carboxylic acid groups (broad SMARTS) is 1. The Morgan fingerprint density at radius 1 is 1.40 bits per heavy atom. The minimum atomic E-state index is -0.812. The first-order valence-electron chi connectivity index (χ1n) is 6.80. The molecule has 1 aromatic rings. The van der Waals surface area contributed by atoms with E-state index in [0.29, 0.717) is 12.3 Å². The number of benzene rings is 1. The van der Waals surface area contributed by atoms with Gasteiger partial charge in [-0.15, -0.1) is 0 Å². The van der Waals surface area contributed by atoms with E-state index in [1.807, 2.05) is 19.1 Å². The Bertz CT molecular complexity index is 477. The number of aliphatic carboxylic acids is 1. The molecular weight excluding hydrogens is 258 g/mol. The molecule has 1 aliphatic heterocycles. The van der Waals surface area contributed by atoms with Gasteiger partial charge in [-0.05, 0) is 36.5 Å². The van der Waals surface area contributed by atoms with Gasteiger partial charge in [-0.2, -0.15) is 0 Å². The van der Waals surface area contributed by atoms with Gasteiger partial charge in [0.2, 0.25) is 0 Å². The van der Waals surface area contributed by atoms with Crippen molar-refractivity contribution in [2.45, 2.75) is 38.2 Å². The van der Waals surface area contributed by atoms with Crippen LogP contribution in [0.4, 0.5) is 5.69 Å². The molecule has 2 atom stereocenters. The zero-order chi connectivity index (χ0) is 14.5. The molecule has 0 saturated carbocycles. The normalized spacial score (nSPS) is 19.6. The number of carboxylic acids is 1. The molecule has 0 bridgehead atoms. The molecule has 5 nitrogen and oxygen atoms in total. The van der Waals surface area contributed by atoms with Crippen LogP contribution in [0.25, 0.3) is 0 Å². The second-order valence-electron chi connectivity index (χ2n) is 5.11. The van der Waals surface area contributed by atoms with E-state index >= 15 is 0 Å². The molecule has 0 radical (unpaired) electrons. The highest BCUT2D eigenvalue weighted by Crippen LogP contribution is 2.21. The number of hydrogen-bond acceptors (Lipinski definition) is 3. The quantitative estimate of drug-likeness (QED) is 0.866. The Balaban J connectivity index is 1.94. The zero-order valence-corrected chi connectivity index (χ0v) is 11.5. The number of amides is 1. The third kappa shape index (κ3) is 3.81. The van der Waals surface area contributed by atoms with E-state index in [2.05, 4.69) is 5.32 Å². The maximum atomic E-state index is 11.9. The van der Waals surface area contributed by atoms with Gasteiger partial charge < -0.3 is 15.2 Å². The summed E-state index contributed by atoms with van der Waals surface area (Å²) in [5.41, 5.74) is 1.65. The Labute approximate surface area is 117 Å². The average Bonchev–Trinajstić information content (AvgIpc) is 2.92. The Hall–Kier alpha value is -1.88. The Kier molecular flexibility index (Phi) is 4.74. The van der Waals surface area contributed by atoms with E-state index in [9.17, 15) is 9.59 Å². The average molecular weight is 277 g/mol. The molecule has 2 rings (SSSR count). The number of nitrogens with one attached hydrogen (secondary N) is 1. The first kappa shape index (κ1) is 14.5. The van der Waals surface area contributed by atoms with Gasteiger partial charge in [0.05, 0.1) is 6.42 Å². The van der Waals surface area contributed by atoms with Crippen molar-refractivity contribution < 1.29 is 19.4 Å². The summed E-state index contributed by atoms with van der Waals surface area (Å²) in [5, 5.41) is 11.6. The smallest absolute Gasteiger partial charge is 0.303 e. The fraction of sp³-hybridized carbons (Fsp3) is 0.467. The molecule has 1 unspecified atom stereocenters. The molecule has 1 heterocycles. The monoisotopic (exact) mass is 277 g/mol. The highest BCUT2D eigenvalue weighted by molar-refractivity contribution is 5.94. The summed E-state index contributed by atoms with van der Waals surface area (Å²) in [7, 11) is 0. The van der Waals surface area contributed by atoms with E-state index in [-0.39, 0.29) is 24.3 Å². The van der Waals surface area contributed by atoms with Crippen LogP contribution in [-0.2, 0) is 14.3 Å². The summed E-state index contributed by atoms with van der Waals surface area (Å²) >= 11 is 0. The highest BCUT2D eigenvalue weighted by atomic mass is 16.5. The van der Waals surface area contributed by atoms with Gasteiger partial charge in [0, 0.05) is 12.3 Å². The summed E-state index contributed by atoms with van der Waals surface area (Å²) < 4.78 is 5.32. The van der Waals surface area contributed by atoms with Crippen LogP contribution in [0.1, 0.15) is 37.7 Å². The number of ether oxygens (including phenoxy) is 1. The maximum absolute atomic E-state index is 11.9. The van der Waals surface area contributed by atoms with Crippen molar-refractivity contribution in [2.24, 2.45) is 0 Å². The standard InChI is InChI=1S/C15H19NO4/c1-10(9-14(17)18)11-4-6-12(7-5-11)16-15(19)13-3-2-8-20-13/h4-7,10,13H,2-3,8-9H2,1H3,(H,16,19)(H,17,18)/t10?,13-/m0/s1. The van der Waals surface area contributed by atoms with Gasteiger partial charge in [0.15, 0.2) is 0 Å². The van der Waals surface area contributed by atoms with Crippen LogP contribution in [0.2, 0.25) is 0 Å². The van der Waals surface area contributed by atoms with Gasteiger partial charge >= 0.3 is 5.97 Å². The summed E-state index contributed by atoms with van der Waals surface area (Å²) in [6.07, 6.45) is 1.44. The molecule has 1 aromatic carbocycles. The summed E-state index contributed by atoms with van der Waals surface area (Å²) in [6.45, 7) is 2.51. The van der Waals surface area contributed by atoms with Crippen molar-refractivity contribution in [3.8, 4) is 0 Å². The van der Waals surface area contributed by atoms with E-state index in [1.54, 1.807) is 12.1 Å². The van der Waals surface area contributed by atoms with Gasteiger partial charge in [0.25, 0.3) is 5.91 Å². The lowest BCUT2D eigenvalue weighted by molar-refractivity contribution is -0.137. The van der Waals surface area contributed by atoms with Gasteiger partial charge in [-0.3, -0.25) is 9.59 Å². The predicted molar refractivity (Wildman–Crippen MR) is 74.7 cm³/mol. The fourth-order valence-corrected chi connectivity index (χ4v) is 2.28. The SMILES string of the molecule is CC(CC(=O)O)c1ccc(NC(=O)[C@@H]2CCCO2)cc1. The predicted octanol–water partition coefficient (Wildman–Crippen LogP) is 2.38. The van der Waals surface area contributed by atoms with Crippen molar-refractivity contribution in [1.29, 1.82) is 0 Å². The van der Waals surface area contributed by atoms with Gasteiger partial charge in [-0.25, -0.2) is 0 Å². The number of carbonyl (C=O) groups is 2. The van der Waals surface area contributed by atoms with E-state index in [1.165, 1.54) is 0 Å². The van der Waals surface area contributed by atoms with Crippen LogP contribution in [0.5, 0.6) is 0 Å². The molecule has 2 N–H and O–H groups in total. The largest absolute Gasteiger partial charge is 0.481 e. The summed E-state index contributed by atoms with van der Waals surface area (Å²) in [6, 6.07) is 7.28. The zero-order valence-electron chi connectivity index (χ0n) is 11.5. The minimum absolute atomic E-state index is 0.0459. The number of carbonyl (C=O) groups excluding carboxylic acids is 1. The topological polar surface area (TPSA) is 75.6 Å². The molecule has 20 heavy (non-hydrogen) atoms. The molecule has 0 aromatic heterocycles. The number of hydrogen-bond donors (Lipinski definition) is 2. The minimum Gasteiger partial charge on any atom is -0.481 e. The van der Waals surface area contributed by atoms with E-state index in [0.717, 1.165) is 18.4 Å². The second kappa shape index (κ2) is 6.52. The van der Waals surface area contributed by atoms with Crippen molar-refractivity contribution in [3.05, 3.63) is 29.8 Å². The summed E-state index contributed by atoms with van der Waals surface area (Å²) in [4.78, 5) is 22.5. The van der Waals surface area contributed by atoms with Gasteiger partial charge in [-0.1, -0.05) is 19.1 Å². The first-order chi connectivity index (χ1) is 9.56. The third-order valence-corrected chi connectivity index (χ3v) is 3.45. The molecular formula is C15H19NO4. The lowest BCUT2D eigenvalue weighted by atomic mass is 9.98. The molecule has 5 heteroatoms. The Morgan fingerprint density at radius 2 is 2.10 bits per heavy atom. The maximum Gasteiger partial charge on any atom is 0.303 e. The van der Waals surface area contributed by atoms with Gasteiger partial charge in [0.1, 0.15) is 6.10 Å². The molecule has 0 aliphatic carbocycles. The third-order valence-electron chi connectivity index (χ3n) is 3.45. The van der Waals surface area contributed by atoms with E-state index < -0.39 is 5.97 Å². The second-order valence-corrected chi connectivity index (χ2v) is 5.11. The molecule has 1 fully saturated rings. The lowest BCUT2D eigenvalue weighted by Gasteiger charge is -2.12. The van der Waals surface area contributed by atoms with Crippen LogP contribution < -0.4 is 5.32 Å². The van der Waals surface area contributed by atoms with Crippen LogP contribution in [0.3, 0.4) is 0 Å². The van der Waals surface area contributed by atoms with Crippen molar-refractivity contribution >= 4 is 17.6 Å². The van der Waals surface area contributed by atoms with Crippen LogP contribution in [0, 0.1) is 0 Å². The number of rotatable bonds is 5. The van der Waals surface area contributed by atoms with Crippen molar-refractivity contribution in [1.82, 2.24) is 0 Å². The van der Waals surface area contributed by atoms with Crippen molar-refractivity contribution in [3.63, 3.8) is 0 Å². The highest BCUT2D eigenvalue weighted by Gasteiger charge is 2.23. The Morgan fingerprint density at radius 3 is 2.65 bits per heavy atom. The summed E-state index contributed by atoms with van der Waals surface area (Å²) in [5.74, 6) is -0.975. The van der Waals surface area contributed by atoms with Crippen LogP contribution in [0.15, 0.2) is 24.3 Å². The van der Waals surface area contributed by atoms with Crippen LogP contribution >= 0.6 is 0 Å². The molecule has 1 amide bonds. The molecule has 1 saturated heterocycles. The fourth-order valence-electron chi connectivity index (χ4n) is 2.28. The molecule has 1 aliphatic rings. The molecule has 108 valence electrons. The lowest BCUT2D eigenvalue weighted by Crippen LogP contribution is -2.26. The van der Waals surface area contributed by atoms with E-state index in [4.69, 9.17) is 9.84 Å².